The average Bonchev–Trinajstić information content (AvgIpc) is 3.14. The first-order valence-corrected chi connectivity index (χ1v) is 11.7. The van der Waals surface area contributed by atoms with Crippen LogP contribution in [0.4, 0.5) is 8.78 Å². The molecule has 2 aromatic rings. The van der Waals surface area contributed by atoms with Gasteiger partial charge in [0.2, 0.25) is 0 Å². The Bertz CT molecular complexity index is 1120. The summed E-state index contributed by atoms with van der Waals surface area (Å²) in [6.45, 7) is 1.82. The third-order valence-electron chi connectivity index (χ3n) is 4.59. The Balaban J connectivity index is 1.49. The molecule has 162 valence electrons. The normalized spacial score (nSPS) is 20.4. The first kappa shape index (κ1) is 21.7. The van der Waals surface area contributed by atoms with E-state index in [-0.39, 0.29) is 5.70 Å². The van der Waals surface area contributed by atoms with Crippen LogP contribution in [0.5, 0.6) is 0 Å². The molecule has 0 bridgehead atoms. The Morgan fingerprint density at radius 2 is 2.13 bits per heavy atom. The summed E-state index contributed by atoms with van der Waals surface area (Å²) in [6, 6.07) is 1.50. The molecule has 1 saturated heterocycles. The van der Waals surface area contributed by atoms with Gasteiger partial charge < -0.3 is 10.4 Å². The van der Waals surface area contributed by atoms with Gasteiger partial charge in [0.1, 0.15) is 33.8 Å². The van der Waals surface area contributed by atoms with Gasteiger partial charge in [-0.3, -0.25) is 14.5 Å². The molecular formula is C18H14F2N4O4S3. The highest BCUT2D eigenvalue weighted by Gasteiger charge is 2.54. The zero-order valence-corrected chi connectivity index (χ0v) is 18.2. The van der Waals surface area contributed by atoms with E-state index in [1.165, 1.54) is 34.9 Å². The van der Waals surface area contributed by atoms with Crippen LogP contribution in [0.25, 0.3) is 0 Å². The summed E-state index contributed by atoms with van der Waals surface area (Å²) in [4.78, 5) is 38.0. The van der Waals surface area contributed by atoms with E-state index in [4.69, 9.17) is 0 Å². The number of carboxylic acid groups (broad SMARTS) is 1. The highest BCUT2D eigenvalue weighted by Crippen LogP contribution is 2.41. The van der Waals surface area contributed by atoms with Crippen molar-refractivity contribution in [3.05, 3.63) is 51.7 Å². The van der Waals surface area contributed by atoms with Gasteiger partial charge in [-0.2, -0.15) is 0 Å². The Hall–Kier alpha value is -2.51. The number of rotatable bonds is 6. The third kappa shape index (κ3) is 4.16. The minimum atomic E-state index is -1.24. The topological polar surface area (TPSA) is 112 Å². The van der Waals surface area contributed by atoms with E-state index in [2.05, 4.69) is 15.5 Å². The summed E-state index contributed by atoms with van der Waals surface area (Å²) in [6.07, 6.45) is 0. The Labute approximate surface area is 187 Å². The number of carbonyl (C=O) groups excluding carboxylic acids is 2. The molecule has 1 fully saturated rings. The summed E-state index contributed by atoms with van der Waals surface area (Å²) in [5.74, 6) is -3.90. The average molecular weight is 485 g/mol. The molecule has 0 spiro atoms. The molecule has 2 amide bonds. The number of benzene rings is 1. The molecule has 2 aliphatic heterocycles. The van der Waals surface area contributed by atoms with Gasteiger partial charge in [-0.1, -0.05) is 23.1 Å². The number of hydrogen-bond acceptors (Lipinski definition) is 8. The van der Waals surface area contributed by atoms with Crippen molar-refractivity contribution in [1.29, 1.82) is 0 Å². The molecule has 2 atom stereocenters. The van der Waals surface area contributed by atoms with Crippen molar-refractivity contribution in [3.8, 4) is 0 Å². The van der Waals surface area contributed by atoms with Gasteiger partial charge in [0.15, 0.2) is 4.34 Å². The summed E-state index contributed by atoms with van der Waals surface area (Å²) in [7, 11) is 0. The van der Waals surface area contributed by atoms with E-state index in [1.54, 1.807) is 0 Å². The van der Waals surface area contributed by atoms with Gasteiger partial charge in [0.05, 0.1) is 5.56 Å². The van der Waals surface area contributed by atoms with E-state index in [0.29, 0.717) is 27.5 Å². The molecule has 8 nitrogen and oxygen atoms in total. The molecule has 4 rings (SSSR count). The van der Waals surface area contributed by atoms with Crippen molar-refractivity contribution in [2.24, 2.45) is 0 Å². The fraction of sp³-hybridized carbons (Fsp3) is 0.278. The minimum Gasteiger partial charge on any atom is -0.477 e. The highest BCUT2D eigenvalue weighted by molar-refractivity contribution is 8.01. The monoisotopic (exact) mass is 484 g/mol. The summed E-state index contributed by atoms with van der Waals surface area (Å²) in [5.41, 5.74) is 0.0576. The number of thioether (sulfide) groups is 2. The summed E-state index contributed by atoms with van der Waals surface area (Å²) >= 11 is 4.04. The maximum absolute atomic E-state index is 13.9. The SMILES string of the molecule is Cc1nnc(SCC2=C(C(=O)O)N3C(=O)[C@H](NC(=O)c4ccc(F)cc4F)[C@H]3SC2)s1. The lowest BCUT2D eigenvalue weighted by Crippen LogP contribution is -2.70. The number of fused-ring (bicyclic) bond motifs is 1. The van der Waals surface area contributed by atoms with Crippen LogP contribution in [-0.4, -0.2) is 60.9 Å². The first-order chi connectivity index (χ1) is 14.8. The zero-order valence-electron chi connectivity index (χ0n) is 15.8. The van der Waals surface area contributed by atoms with Gasteiger partial charge in [-0.15, -0.1) is 22.0 Å². The van der Waals surface area contributed by atoms with Crippen molar-refractivity contribution < 1.29 is 28.3 Å². The fourth-order valence-electron chi connectivity index (χ4n) is 3.17. The van der Waals surface area contributed by atoms with Crippen molar-refractivity contribution in [2.45, 2.75) is 22.7 Å². The van der Waals surface area contributed by atoms with Gasteiger partial charge in [0.25, 0.3) is 11.8 Å². The summed E-state index contributed by atoms with van der Waals surface area (Å²) in [5, 5.41) is 20.2. The number of aliphatic carboxylic acids is 1. The van der Waals surface area contributed by atoms with Crippen LogP contribution in [0.15, 0.2) is 33.8 Å². The van der Waals surface area contributed by atoms with Crippen LogP contribution in [0.2, 0.25) is 0 Å². The van der Waals surface area contributed by atoms with Crippen LogP contribution < -0.4 is 5.32 Å². The zero-order chi connectivity index (χ0) is 22.3. The molecule has 1 aromatic heterocycles. The summed E-state index contributed by atoms with van der Waals surface area (Å²) < 4.78 is 27.6. The minimum absolute atomic E-state index is 0.110. The van der Waals surface area contributed by atoms with E-state index in [9.17, 15) is 28.3 Å². The largest absolute Gasteiger partial charge is 0.477 e. The lowest BCUT2D eigenvalue weighted by Gasteiger charge is -2.49. The second kappa shape index (κ2) is 8.55. The van der Waals surface area contributed by atoms with Crippen molar-refractivity contribution in [1.82, 2.24) is 20.4 Å². The number of nitrogens with zero attached hydrogens (tertiary/aromatic N) is 3. The smallest absolute Gasteiger partial charge is 0.352 e. The number of β-lactam (4-membered cyclic amide) rings is 1. The molecule has 31 heavy (non-hydrogen) atoms. The number of nitrogens with one attached hydrogen (secondary N) is 1. The fourth-order valence-corrected chi connectivity index (χ4v) is 6.47. The molecule has 2 N–H and O–H groups in total. The molecule has 3 heterocycles. The Morgan fingerprint density at radius 1 is 1.35 bits per heavy atom. The van der Waals surface area contributed by atoms with Gasteiger partial charge in [-0.25, -0.2) is 13.6 Å². The lowest BCUT2D eigenvalue weighted by atomic mass is 10.0. The molecule has 0 saturated carbocycles. The van der Waals surface area contributed by atoms with Crippen LogP contribution in [0, 0.1) is 18.6 Å². The van der Waals surface area contributed by atoms with Crippen molar-refractivity contribution in [3.63, 3.8) is 0 Å². The molecular weight excluding hydrogens is 470 g/mol. The number of amides is 2. The third-order valence-corrected chi connectivity index (χ3v) is 7.99. The van der Waals surface area contributed by atoms with Crippen LogP contribution >= 0.6 is 34.9 Å². The van der Waals surface area contributed by atoms with E-state index >= 15 is 0 Å². The van der Waals surface area contributed by atoms with Crippen LogP contribution in [-0.2, 0) is 9.59 Å². The van der Waals surface area contributed by atoms with Gasteiger partial charge in [0, 0.05) is 17.6 Å². The molecule has 0 unspecified atom stereocenters. The maximum Gasteiger partial charge on any atom is 0.352 e. The van der Waals surface area contributed by atoms with E-state index < -0.39 is 46.4 Å². The van der Waals surface area contributed by atoms with Gasteiger partial charge in [-0.05, 0) is 24.6 Å². The van der Waals surface area contributed by atoms with Crippen molar-refractivity contribution >= 4 is 52.6 Å². The number of carboxylic acids is 1. The molecule has 1 aromatic carbocycles. The van der Waals surface area contributed by atoms with E-state index in [1.807, 2.05) is 6.92 Å². The number of aryl methyl sites for hydroxylation is 1. The second-order valence-electron chi connectivity index (χ2n) is 6.62. The van der Waals surface area contributed by atoms with Gasteiger partial charge >= 0.3 is 5.97 Å². The van der Waals surface area contributed by atoms with E-state index in [0.717, 1.165) is 22.0 Å². The number of carbonyl (C=O) groups is 3. The highest BCUT2D eigenvalue weighted by atomic mass is 32.2. The first-order valence-electron chi connectivity index (χ1n) is 8.85. The number of hydrogen-bond donors (Lipinski definition) is 2. The quantitative estimate of drug-likeness (QED) is 0.474. The predicted molar refractivity (Wildman–Crippen MR) is 111 cm³/mol. The lowest BCUT2D eigenvalue weighted by molar-refractivity contribution is -0.148. The number of aromatic nitrogens is 2. The Kier molecular flexibility index (Phi) is 5.99. The molecule has 0 radical (unpaired) electrons. The van der Waals surface area contributed by atoms with Crippen molar-refractivity contribution in [2.75, 3.05) is 11.5 Å². The number of halogens is 2. The van der Waals surface area contributed by atoms with Crippen LogP contribution in [0.1, 0.15) is 15.4 Å². The van der Waals surface area contributed by atoms with Crippen LogP contribution in [0.3, 0.4) is 0 Å². The molecule has 2 aliphatic rings. The Morgan fingerprint density at radius 3 is 2.77 bits per heavy atom. The second-order valence-corrected chi connectivity index (χ2v) is 10.1. The standard InChI is InChI=1S/C18H14F2N4O4S3/c1-7-22-23-18(31-7)30-6-8-5-29-16-12(15(26)24(16)13(8)17(27)28)21-14(25)10-3-2-9(19)4-11(10)20/h2-4,12,16H,5-6H2,1H3,(H,21,25)(H,27,28)/t12-,16+/m0/s1. The predicted octanol–water partition coefficient (Wildman–Crippen LogP) is 2.27. The maximum atomic E-state index is 13.9. The molecule has 0 aliphatic carbocycles. The molecule has 13 heteroatoms.